The van der Waals surface area contributed by atoms with E-state index in [2.05, 4.69) is 10.4 Å². The molecule has 1 atom stereocenters. The zero-order valence-electron chi connectivity index (χ0n) is 17.6. The smallest absolute Gasteiger partial charge is 0.328 e. The van der Waals surface area contributed by atoms with Crippen LogP contribution in [0.2, 0.25) is 0 Å². The number of morpholine rings is 1. The van der Waals surface area contributed by atoms with E-state index in [1.807, 2.05) is 0 Å². The molecule has 1 aliphatic heterocycles. The third-order valence-corrected chi connectivity index (χ3v) is 4.52. The van der Waals surface area contributed by atoms with E-state index in [9.17, 15) is 22.8 Å². The average Bonchev–Trinajstić information content (AvgIpc) is 3.16. The fraction of sp³-hybridized carbons (Fsp3) is 0.227. The molecule has 1 saturated heterocycles. The van der Waals surface area contributed by atoms with Gasteiger partial charge in [0.2, 0.25) is 5.88 Å². The van der Waals surface area contributed by atoms with Crippen LogP contribution in [0.15, 0.2) is 48.6 Å². The van der Waals surface area contributed by atoms with E-state index >= 15 is 0 Å². The van der Waals surface area contributed by atoms with Crippen molar-refractivity contribution in [1.82, 2.24) is 15.1 Å². The molecule has 1 unspecified atom stereocenters. The normalized spacial score (nSPS) is 15.7. The Morgan fingerprint density at radius 2 is 1.79 bits per heavy atom. The fourth-order valence-corrected chi connectivity index (χ4v) is 3.04. The minimum Gasteiger partial charge on any atom is -0.478 e. The number of hydrogen-bond acceptors (Lipinski definition) is 6. The van der Waals surface area contributed by atoms with Crippen molar-refractivity contribution < 1.29 is 42.4 Å². The number of ether oxygens (including phenoxy) is 2. The maximum Gasteiger partial charge on any atom is 0.328 e. The highest BCUT2D eigenvalue weighted by Gasteiger charge is 2.19. The minimum atomic E-state index is -1.26. The Morgan fingerprint density at radius 1 is 1.12 bits per heavy atom. The number of aromatic nitrogens is 2. The first-order chi connectivity index (χ1) is 16.2. The predicted molar refractivity (Wildman–Crippen MR) is 113 cm³/mol. The summed E-state index contributed by atoms with van der Waals surface area (Å²) in [7, 11) is 0. The lowest BCUT2D eigenvalue weighted by atomic mass is 10.2. The summed E-state index contributed by atoms with van der Waals surface area (Å²) >= 11 is 0. The lowest BCUT2D eigenvalue weighted by Gasteiger charge is -2.23. The SMILES string of the molecule is Fc1ccc(F)c(-n2nc(OCC3CNCCO3)c3cc(F)ccc32)c1.O=C(O)C=CC(=O)O. The monoisotopic (exact) mass is 479 g/mol. The van der Waals surface area contributed by atoms with Gasteiger partial charge in [0.05, 0.1) is 17.5 Å². The highest BCUT2D eigenvalue weighted by molar-refractivity contribution is 5.89. The summed E-state index contributed by atoms with van der Waals surface area (Å²) < 4.78 is 53.9. The molecule has 0 amide bonds. The summed E-state index contributed by atoms with van der Waals surface area (Å²) in [6.07, 6.45) is 0.952. The summed E-state index contributed by atoms with van der Waals surface area (Å²) in [4.78, 5) is 19.1. The molecule has 180 valence electrons. The van der Waals surface area contributed by atoms with Crippen LogP contribution in [0.4, 0.5) is 13.2 Å². The van der Waals surface area contributed by atoms with Crippen LogP contribution in [-0.4, -0.2) is 64.3 Å². The van der Waals surface area contributed by atoms with Crippen LogP contribution in [0.25, 0.3) is 16.6 Å². The van der Waals surface area contributed by atoms with Gasteiger partial charge in [-0.25, -0.2) is 27.4 Å². The van der Waals surface area contributed by atoms with Crippen LogP contribution in [0.3, 0.4) is 0 Å². The molecule has 0 aliphatic carbocycles. The average molecular weight is 479 g/mol. The molecule has 9 nitrogen and oxygen atoms in total. The summed E-state index contributed by atoms with van der Waals surface area (Å²) in [6.45, 7) is 2.19. The lowest BCUT2D eigenvalue weighted by Crippen LogP contribution is -2.41. The Kier molecular flexibility index (Phi) is 8.22. The van der Waals surface area contributed by atoms with Gasteiger partial charge in [0.15, 0.2) is 0 Å². The van der Waals surface area contributed by atoms with Crippen LogP contribution >= 0.6 is 0 Å². The van der Waals surface area contributed by atoms with E-state index in [1.54, 1.807) is 0 Å². The van der Waals surface area contributed by atoms with Crippen molar-refractivity contribution in [3.8, 4) is 11.6 Å². The number of aliphatic carboxylic acids is 2. The number of fused-ring (bicyclic) bond motifs is 1. The van der Waals surface area contributed by atoms with Crippen molar-refractivity contribution in [2.24, 2.45) is 0 Å². The zero-order valence-corrected chi connectivity index (χ0v) is 17.6. The number of carbonyl (C=O) groups is 2. The highest BCUT2D eigenvalue weighted by Crippen LogP contribution is 2.29. The first kappa shape index (κ1) is 24.7. The standard InChI is InChI=1S/C18H16F3N3O2.C4H4O4/c19-11-2-4-16-14(7-11)18(26-10-13-9-22-5-6-25-13)23-24(16)17-8-12(20)1-3-15(17)21;5-3(6)1-2-4(7)8/h1-4,7-8,13,22H,5-6,9-10H2;1-2H,(H,5,6)(H,7,8). The van der Waals surface area contributed by atoms with Crippen molar-refractivity contribution in [1.29, 1.82) is 0 Å². The van der Waals surface area contributed by atoms with Crippen molar-refractivity contribution in [3.05, 3.63) is 66.0 Å². The molecule has 1 aromatic heterocycles. The van der Waals surface area contributed by atoms with Gasteiger partial charge >= 0.3 is 11.9 Å². The third kappa shape index (κ3) is 6.56. The van der Waals surface area contributed by atoms with E-state index in [1.165, 1.54) is 22.9 Å². The van der Waals surface area contributed by atoms with Crippen LogP contribution in [0.1, 0.15) is 0 Å². The third-order valence-electron chi connectivity index (χ3n) is 4.52. The number of hydrogen-bond donors (Lipinski definition) is 3. The largest absolute Gasteiger partial charge is 0.478 e. The second-order valence-corrected chi connectivity index (χ2v) is 6.99. The highest BCUT2D eigenvalue weighted by atomic mass is 19.1. The van der Waals surface area contributed by atoms with Gasteiger partial charge in [-0.05, 0) is 30.3 Å². The van der Waals surface area contributed by atoms with Gasteiger partial charge < -0.3 is 25.0 Å². The first-order valence-electron chi connectivity index (χ1n) is 9.97. The predicted octanol–water partition coefficient (Wildman–Crippen LogP) is 2.52. The molecule has 3 aromatic rings. The van der Waals surface area contributed by atoms with Gasteiger partial charge in [-0.3, -0.25) is 0 Å². The van der Waals surface area contributed by atoms with E-state index < -0.39 is 29.4 Å². The van der Waals surface area contributed by atoms with Crippen LogP contribution in [-0.2, 0) is 14.3 Å². The van der Waals surface area contributed by atoms with Crippen molar-refractivity contribution in [2.45, 2.75) is 6.10 Å². The summed E-state index contributed by atoms with van der Waals surface area (Å²) in [5, 5.41) is 23.4. The van der Waals surface area contributed by atoms with Crippen LogP contribution in [0, 0.1) is 17.5 Å². The summed E-state index contributed by atoms with van der Waals surface area (Å²) in [5.74, 6) is -4.10. The van der Waals surface area contributed by atoms with Crippen LogP contribution in [0.5, 0.6) is 5.88 Å². The molecule has 34 heavy (non-hydrogen) atoms. The maximum absolute atomic E-state index is 14.2. The number of carboxylic acids is 2. The van der Waals surface area contributed by atoms with Gasteiger partial charge in [0, 0.05) is 31.3 Å². The molecule has 2 heterocycles. The molecule has 0 bridgehead atoms. The van der Waals surface area contributed by atoms with Gasteiger partial charge in [0.25, 0.3) is 0 Å². The molecule has 0 radical (unpaired) electrons. The summed E-state index contributed by atoms with van der Waals surface area (Å²) in [5.41, 5.74) is 0.334. The van der Waals surface area contributed by atoms with E-state index in [0.717, 1.165) is 24.7 Å². The Hall–Kier alpha value is -3.90. The molecule has 3 N–H and O–H groups in total. The molecule has 0 spiro atoms. The van der Waals surface area contributed by atoms with E-state index in [-0.39, 0.29) is 24.3 Å². The Balaban J connectivity index is 0.000000350. The molecule has 1 aliphatic rings. The lowest BCUT2D eigenvalue weighted by molar-refractivity contribution is -0.134. The Morgan fingerprint density at radius 3 is 2.44 bits per heavy atom. The second-order valence-electron chi connectivity index (χ2n) is 6.99. The topological polar surface area (TPSA) is 123 Å². The van der Waals surface area contributed by atoms with Crippen molar-refractivity contribution in [2.75, 3.05) is 26.3 Å². The van der Waals surface area contributed by atoms with Gasteiger partial charge in [-0.15, -0.1) is 5.10 Å². The number of rotatable bonds is 6. The molecule has 1 fully saturated rings. The van der Waals surface area contributed by atoms with E-state index in [0.29, 0.717) is 36.2 Å². The number of nitrogens with one attached hydrogen (secondary N) is 1. The molecule has 4 rings (SSSR count). The number of benzene rings is 2. The summed E-state index contributed by atoms with van der Waals surface area (Å²) in [6, 6.07) is 7.01. The molecule has 0 saturated carbocycles. The van der Waals surface area contributed by atoms with Crippen molar-refractivity contribution in [3.63, 3.8) is 0 Å². The van der Waals surface area contributed by atoms with E-state index in [4.69, 9.17) is 19.7 Å². The molecule has 12 heteroatoms. The second kappa shape index (κ2) is 11.3. The zero-order chi connectivity index (χ0) is 24.7. The first-order valence-corrected chi connectivity index (χ1v) is 9.97. The number of nitrogens with zero attached hydrogens (tertiary/aromatic N) is 2. The van der Waals surface area contributed by atoms with Gasteiger partial charge in [-0.1, -0.05) is 0 Å². The molecular weight excluding hydrogens is 459 g/mol. The fourth-order valence-electron chi connectivity index (χ4n) is 3.04. The quantitative estimate of drug-likeness (QED) is 0.461. The maximum atomic E-state index is 14.2. The van der Waals surface area contributed by atoms with Gasteiger partial charge in [0.1, 0.15) is 35.8 Å². The number of carboxylic acid groups (broad SMARTS) is 2. The number of halogens is 3. The molecular formula is C22H20F3N3O6. The minimum absolute atomic E-state index is 0.0768. The molecule has 2 aromatic carbocycles. The van der Waals surface area contributed by atoms with Crippen molar-refractivity contribution >= 4 is 22.8 Å². The van der Waals surface area contributed by atoms with Gasteiger partial charge in [-0.2, -0.15) is 0 Å². The van der Waals surface area contributed by atoms with Crippen LogP contribution < -0.4 is 10.1 Å². The Labute approximate surface area is 191 Å². The Bertz CT molecular complexity index is 1190.